The predicted octanol–water partition coefficient (Wildman–Crippen LogP) is -0.247. The van der Waals surface area contributed by atoms with Crippen molar-refractivity contribution in [1.82, 2.24) is 25.9 Å². The molecule has 0 atom stereocenters. The minimum Gasteiger partial charge on any atom is -0.353 e. The van der Waals surface area contributed by atoms with Gasteiger partial charge < -0.3 is 16.0 Å². The Bertz CT molecular complexity index is 691. The van der Waals surface area contributed by atoms with Crippen molar-refractivity contribution in [3.8, 4) is 0 Å². The Morgan fingerprint density at radius 1 is 0.875 bits per heavy atom. The van der Waals surface area contributed by atoms with Crippen molar-refractivity contribution in [2.24, 2.45) is 0 Å². The maximum absolute atomic E-state index is 11.8. The van der Waals surface area contributed by atoms with Crippen LogP contribution in [0.15, 0.2) is 48.9 Å². The molecule has 1 heterocycles. The lowest BCUT2D eigenvalue weighted by Crippen LogP contribution is -2.40. The van der Waals surface area contributed by atoms with E-state index in [9.17, 15) is 14.4 Å². The van der Waals surface area contributed by atoms with E-state index < -0.39 is 0 Å². The molecule has 3 N–H and O–H groups in total. The van der Waals surface area contributed by atoms with Gasteiger partial charge in [-0.2, -0.15) is 0 Å². The Labute approximate surface area is 138 Å². The molecule has 2 aromatic rings. The van der Waals surface area contributed by atoms with Gasteiger partial charge >= 0.3 is 0 Å². The fourth-order valence-electron chi connectivity index (χ4n) is 1.80. The van der Waals surface area contributed by atoms with Crippen LogP contribution in [-0.4, -0.2) is 47.3 Å². The second-order valence-corrected chi connectivity index (χ2v) is 4.75. The van der Waals surface area contributed by atoms with Crippen LogP contribution in [0.2, 0.25) is 0 Å². The normalized spacial score (nSPS) is 9.83. The van der Waals surface area contributed by atoms with Gasteiger partial charge in [-0.1, -0.05) is 18.2 Å². The number of hydrogen-bond acceptors (Lipinski definition) is 5. The molecular weight excluding hydrogens is 310 g/mol. The van der Waals surface area contributed by atoms with Crippen LogP contribution < -0.4 is 16.0 Å². The molecule has 1 aromatic carbocycles. The van der Waals surface area contributed by atoms with E-state index in [1.54, 1.807) is 30.3 Å². The van der Waals surface area contributed by atoms with Crippen molar-refractivity contribution in [3.63, 3.8) is 0 Å². The van der Waals surface area contributed by atoms with E-state index >= 15 is 0 Å². The Hall–Kier alpha value is -3.29. The second-order valence-electron chi connectivity index (χ2n) is 4.75. The third kappa shape index (κ3) is 5.48. The van der Waals surface area contributed by atoms with Gasteiger partial charge in [0, 0.05) is 31.0 Å². The molecule has 2 rings (SSSR count). The summed E-state index contributed by atoms with van der Waals surface area (Å²) in [5.41, 5.74) is 0.695. The molecule has 0 spiro atoms. The summed E-state index contributed by atoms with van der Waals surface area (Å²) in [4.78, 5) is 42.7. The summed E-state index contributed by atoms with van der Waals surface area (Å²) in [5, 5.41) is 7.71. The number of benzene rings is 1. The third-order valence-corrected chi connectivity index (χ3v) is 2.97. The fourth-order valence-corrected chi connectivity index (χ4v) is 1.80. The molecular formula is C16H17N5O3. The first-order valence-corrected chi connectivity index (χ1v) is 7.31. The van der Waals surface area contributed by atoms with Crippen LogP contribution in [0.3, 0.4) is 0 Å². The summed E-state index contributed by atoms with van der Waals surface area (Å²) >= 11 is 0. The average molecular weight is 327 g/mol. The average Bonchev–Trinajstić information content (AvgIpc) is 2.64. The molecule has 0 aliphatic carbocycles. The maximum Gasteiger partial charge on any atom is 0.271 e. The molecule has 0 aliphatic rings. The van der Waals surface area contributed by atoms with E-state index in [1.807, 2.05) is 0 Å². The van der Waals surface area contributed by atoms with Gasteiger partial charge in [-0.25, -0.2) is 4.98 Å². The molecule has 0 saturated heterocycles. The van der Waals surface area contributed by atoms with Crippen LogP contribution in [0.25, 0.3) is 0 Å². The van der Waals surface area contributed by atoms with Crippen molar-refractivity contribution in [1.29, 1.82) is 0 Å². The SMILES string of the molecule is O=C(CNC(=O)c1ccccc1)NCCNC(=O)c1cnccn1. The van der Waals surface area contributed by atoms with Crippen molar-refractivity contribution in [2.45, 2.75) is 0 Å². The number of rotatable bonds is 7. The topological polar surface area (TPSA) is 113 Å². The first-order chi connectivity index (χ1) is 11.7. The minimum absolute atomic E-state index is 0.133. The molecule has 0 saturated carbocycles. The molecule has 8 heteroatoms. The van der Waals surface area contributed by atoms with Gasteiger partial charge in [0.05, 0.1) is 12.7 Å². The van der Waals surface area contributed by atoms with Crippen LogP contribution in [-0.2, 0) is 4.79 Å². The Morgan fingerprint density at radius 3 is 2.33 bits per heavy atom. The lowest BCUT2D eigenvalue weighted by atomic mass is 10.2. The Kier molecular flexibility index (Phi) is 6.39. The van der Waals surface area contributed by atoms with Gasteiger partial charge in [0.2, 0.25) is 5.91 Å². The minimum atomic E-state index is -0.366. The van der Waals surface area contributed by atoms with Gasteiger partial charge in [0.25, 0.3) is 11.8 Å². The number of carbonyl (C=O) groups is 3. The van der Waals surface area contributed by atoms with E-state index in [4.69, 9.17) is 0 Å². The summed E-state index contributed by atoms with van der Waals surface area (Å²) in [7, 11) is 0. The number of amides is 3. The lowest BCUT2D eigenvalue weighted by Gasteiger charge is -2.08. The van der Waals surface area contributed by atoms with Crippen LogP contribution in [0.1, 0.15) is 20.8 Å². The first-order valence-electron chi connectivity index (χ1n) is 7.31. The quantitative estimate of drug-likeness (QED) is 0.607. The van der Waals surface area contributed by atoms with E-state index in [-0.39, 0.29) is 43.0 Å². The van der Waals surface area contributed by atoms with Gasteiger partial charge in [0.1, 0.15) is 5.69 Å². The Balaban J connectivity index is 1.62. The summed E-state index contributed by atoms with van der Waals surface area (Å²) < 4.78 is 0. The number of nitrogens with one attached hydrogen (secondary N) is 3. The van der Waals surface area contributed by atoms with Crippen molar-refractivity contribution in [3.05, 3.63) is 60.2 Å². The number of aromatic nitrogens is 2. The standard InChI is InChI=1S/C16H17N5O3/c22-14(11-21-15(23)12-4-2-1-3-5-12)19-8-9-20-16(24)13-10-17-6-7-18-13/h1-7,10H,8-9,11H2,(H,19,22)(H,20,24)(H,21,23). The van der Waals surface area contributed by atoms with E-state index in [0.717, 1.165) is 0 Å². The maximum atomic E-state index is 11.8. The molecule has 1 aromatic heterocycles. The van der Waals surface area contributed by atoms with Crippen LogP contribution >= 0.6 is 0 Å². The molecule has 3 amide bonds. The second kappa shape index (κ2) is 8.99. The van der Waals surface area contributed by atoms with Crippen LogP contribution in [0.5, 0.6) is 0 Å². The van der Waals surface area contributed by atoms with E-state index in [1.165, 1.54) is 18.6 Å². The largest absolute Gasteiger partial charge is 0.353 e. The highest BCUT2D eigenvalue weighted by molar-refractivity contribution is 5.96. The summed E-state index contributed by atoms with van der Waals surface area (Å²) in [6.07, 6.45) is 4.25. The summed E-state index contributed by atoms with van der Waals surface area (Å²) in [5.74, 6) is -1.02. The van der Waals surface area contributed by atoms with Crippen molar-refractivity contribution in [2.75, 3.05) is 19.6 Å². The van der Waals surface area contributed by atoms with E-state index in [0.29, 0.717) is 5.56 Å². The van der Waals surface area contributed by atoms with Gasteiger partial charge in [-0.3, -0.25) is 19.4 Å². The monoisotopic (exact) mass is 327 g/mol. The smallest absolute Gasteiger partial charge is 0.271 e. The summed E-state index contributed by atoms with van der Waals surface area (Å²) in [6.45, 7) is 0.353. The highest BCUT2D eigenvalue weighted by Crippen LogP contribution is 1.97. The highest BCUT2D eigenvalue weighted by Gasteiger charge is 2.08. The molecule has 124 valence electrons. The first kappa shape index (κ1) is 17.1. The zero-order valence-corrected chi connectivity index (χ0v) is 12.9. The zero-order valence-electron chi connectivity index (χ0n) is 12.9. The molecule has 0 unspecified atom stereocenters. The van der Waals surface area contributed by atoms with Crippen LogP contribution in [0.4, 0.5) is 0 Å². The lowest BCUT2D eigenvalue weighted by molar-refractivity contribution is -0.120. The number of hydrogen-bond donors (Lipinski definition) is 3. The Morgan fingerprint density at radius 2 is 1.62 bits per heavy atom. The molecule has 0 radical (unpaired) electrons. The van der Waals surface area contributed by atoms with Crippen molar-refractivity contribution >= 4 is 17.7 Å². The molecule has 0 bridgehead atoms. The molecule has 0 fully saturated rings. The fraction of sp³-hybridized carbons (Fsp3) is 0.188. The predicted molar refractivity (Wildman–Crippen MR) is 86.2 cm³/mol. The van der Waals surface area contributed by atoms with Gasteiger partial charge in [-0.05, 0) is 12.1 Å². The molecule has 0 aliphatic heterocycles. The summed E-state index contributed by atoms with van der Waals surface area (Å²) in [6, 6.07) is 8.62. The highest BCUT2D eigenvalue weighted by atomic mass is 16.2. The van der Waals surface area contributed by atoms with Gasteiger partial charge in [0.15, 0.2) is 0 Å². The third-order valence-electron chi connectivity index (χ3n) is 2.97. The number of nitrogens with zero attached hydrogens (tertiary/aromatic N) is 2. The van der Waals surface area contributed by atoms with Crippen LogP contribution in [0, 0.1) is 0 Å². The zero-order chi connectivity index (χ0) is 17.2. The van der Waals surface area contributed by atoms with E-state index in [2.05, 4.69) is 25.9 Å². The molecule has 8 nitrogen and oxygen atoms in total. The molecule has 24 heavy (non-hydrogen) atoms. The number of carbonyl (C=O) groups excluding carboxylic acids is 3. The van der Waals surface area contributed by atoms with Crippen molar-refractivity contribution < 1.29 is 14.4 Å². The van der Waals surface area contributed by atoms with Gasteiger partial charge in [-0.15, -0.1) is 0 Å².